The van der Waals surface area contributed by atoms with Crippen LogP contribution < -0.4 is 10.5 Å². The maximum absolute atomic E-state index is 14.3. The Kier molecular flexibility index (Phi) is 6.48. The predicted molar refractivity (Wildman–Crippen MR) is 142 cm³/mol. The second-order valence-electron chi connectivity index (χ2n) is 9.86. The van der Waals surface area contributed by atoms with E-state index in [1.165, 1.54) is 18.3 Å². The average Bonchev–Trinajstić information content (AvgIpc) is 2.89. The lowest BCUT2D eigenvalue weighted by Gasteiger charge is -2.48. The van der Waals surface area contributed by atoms with Crippen LogP contribution in [0.25, 0.3) is 11.0 Å². The van der Waals surface area contributed by atoms with Gasteiger partial charge < -0.3 is 9.47 Å². The molecule has 0 N–H and O–H groups in total. The molecule has 0 saturated carbocycles. The van der Waals surface area contributed by atoms with Gasteiger partial charge in [-0.3, -0.25) is 14.7 Å². The Morgan fingerprint density at radius 2 is 1.81 bits per heavy atom. The summed E-state index contributed by atoms with van der Waals surface area (Å²) in [4.78, 5) is 26.5. The van der Waals surface area contributed by atoms with Crippen molar-refractivity contribution in [3.63, 3.8) is 0 Å². The van der Waals surface area contributed by atoms with Crippen LogP contribution in [0.15, 0.2) is 65.6 Å². The molecule has 4 aromatic rings. The van der Waals surface area contributed by atoms with E-state index in [2.05, 4.69) is 63.9 Å². The van der Waals surface area contributed by atoms with Crippen LogP contribution in [0, 0.1) is 24.1 Å². The van der Waals surface area contributed by atoms with Gasteiger partial charge in [0.25, 0.3) is 5.56 Å². The summed E-state index contributed by atoms with van der Waals surface area (Å²) in [7, 11) is 1.71. The Labute approximate surface area is 215 Å². The first kappa shape index (κ1) is 24.6. The number of aryl methyl sites for hydroxylation is 2. The zero-order chi connectivity index (χ0) is 26.3. The maximum Gasteiger partial charge on any atom is 0.252 e. The van der Waals surface area contributed by atoms with Crippen LogP contribution in [-0.4, -0.2) is 44.6 Å². The molecule has 4 heterocycles. The summed E-state index contributed by atoms with van der Waals surface area (Å²) in [6.07, 6.45) is 1.51. The number of anilines is 1. The molecule has 1 fully saturated rings. The van der Waals surface area contributed by atoms with Gasteiger partial charge in [-0.05, 0) is 50.6 Å². The fourth-order valence-corrected chi connectivity index (χ4v) is 5.29. The van der Waals surface area contributed by atoms with Crippen LogP contribution in [0.2, 0.25) is 0 Å². The number of hydrogen-bond donors (Lipinski definition) is 0. The van der Waals surface area contributed by atoms with Gasteiger partial charge in [-0.2, -0.15) is 5.26 Å². The van der Waals surface area contributed by atoms with Crippen LogP contribution >= 0.6 is 0 Å². The number of fused-ring (bicyclic) bond motifs is 1. The molecule has 3 aromatic heterocycles. The minimum Gasteiger partial charge on any atom is -0.364 e. The number of pyridine rings is 3. The van der Waals surface area contributed by atoms with Gasteiger partial charge >= 0.3 is 0 Å². The van der Waals surface area contributed by atoms with Crippen molar-refractivity contribution in [1.29, 1.82) is 5.26 Å². The highest BCUT2D eigenvalue weighted by atomic mass is 19.1. The van der Waals surface area contributed by atoms with Gasteiger partial charge in [0, 0.05) is 44.5 Å². The maximum atomic E-state index is 14.3. The molecule has 188 valence electrons. The number of piperazine rings is 1. The molecule has 8 heteroatoms. The molecular formula is C29H29FN6O. The minimum atomic E-state index is -0.313. The van der Waals surface area contributed by atoms with Gasteiger partial charge in [-0.15, -0.1) is 0 Å². The van der Waals surface area contributed by atoms with Crippen molar-refractivity contribution in [2.75, 3.05) is 18.0 Å². The van der Waals surface area contributed by atoms with E-state index in [9.17, 15) is 14.4 Å². The molecule has 7 nitrogen and oxygen atoms in total. The molecule has 1 aromatic carbocycles. The standard InChI is InChI=1S/C29H29FN6O/c1-18-5-7-21(8-6-18)29(24-13-22(30)11-12-32-24)36-17-19(2)35(16-20(36)3)26-14-27(37)34(4)25-10-9-23(15-31)33-28(25)26/h5-14,19-20,29H,16-17H2,1-4H3/t19-,20+,29?/m0/s1. The first-order chi connectivity index (χ1) is 17.8. The van der Waals surface area contributed by atoms with E-state index in [4.69, 9.17) is 0 Å². The first-order valence-electron chi connectivity index (χ1n) is 12.4. The van der Waals surface area contributed by atoms with E-state index < -0.39 is 0 Å². The van der Waals surface area contributed by atoms with Gasteiger partial charge in [0.2, 0.25) is 0 Å². The van der Waals surface area contributed by atoms with E-state index in [-0.39, 0.29) is 29.5 Å². The molecule has 0 spiro atoms. The number of nitriles is 1. The number of benzene rings is 1. The third kappa shape index (κ3) is 4.58. The molecule has 1 saturated heterocycles. The van der Waals surface area contributed by atoms with Crippen molar-refractivity contribution in [3.8, 4) is 6.07 Å². The van der Waals surface area contributed by atoms with E-state index in [1.807, 2.05) is 6.92 Å². The third-order valence-corrected chi connectivity index (χ3v) is 7.27. The van der Waals surface area contributed by atoms with Crippen LogP contribution in [0.4, 0.5) is 10.1 Å². The number of aromatic nitrogens is 3. The minimum absolute atomic E-state index is 0.0144. The van der Waals surface area contributed by atoms with E-state index in [0.717, 1.165) is 16.8 Å². The first-order valence-corrected chi connectivity index (χ1v) is 12.4. The topological polar surface area (TPSA) is 78.0 Å². The van der Waals surface area contributed by atoms with E-state index in [0.29, 0.717) is 35.5 Å². The largest absolute Gasteiger partial charge is 0.364 e. The van der Waals surface area contributed by atoms with Gasteiger partial charge in [-0.1, -0.05) is 29.8 Å². The van der Waals surface area contributed by atoms with Crippen LogP contribution in [-0.2, 0) is 7.05 Å². The molecule has 3 atom stereocenters. The van der Waals surface area contributed by atoms with Crippen LogP contribution in [0.3, 0.4) is 0 Å². The SMILES string of the molecule is Cc1ccc(C(c2cc(F)ccn2)N2C[C@H](C)N(c3cc(=O)n(C)c4ccc(C#N)nc34)C[C@H]2C)cc1. The number of nitrogens with zero attached hydrogens (tertiary/aromatic N) is 6. The number of rotatable bonds is 4. The quantitative estimate of drug-likeness (QED) is 0.418. The van der Waals surface area contributed by atoms with Crippen LogP contribution in [0.1, 0.15) is 42.4 Å². The van der Waals surface area contributed by atoms with Gasteiger partial charge in [0.05, 0.1) is 22.9 Å². The van der Waals surface area contributed by atoms with Crippen molar-refractivity contribution < 1.29 is 4.39 Å². The zero-order valence-electron chi connectivity index (χ0n) is 21.4. The number of hydrogen-bond acceptors (Lipinski definition) is 6. The van der Waals surface area contributed by atoms with Crippen molar-refractivity contribution in [1.82, 2.24) is 19.4 Å². The smallest absolute Gasteiger partial charge is 0.252 e. The highest BCUT2D eigenvalue weighted by Gasteiger charge is 2.36. The lowest BCUT2D eigenvalue weighted by Crippen LogP contribution is -2.57. The molecule has 0 radical (unpaired) electrons. The molecule has 0 amide bonds. The summed E-state index contributed by atoms with van der Waals surface area (Å²) >= 11 is 0. The molecule has 0 bridgehead atoms. The van der Waals surface area contributed by atoms with E-state index >= 15 is 0 Å². The molecule has 1 aliphatic rings. The lowest BCUT2D eigenvalue weighted by atomic mass is 9.95. The molecule has 0 aliphatic carbocycles. The van der Waals surface area contributed by atoms with Crippen molar-refractivity contribution in [3.05, 3.63) is 99.5 Å². The highest BCUT2D eigenvalue weighted by Crippen LogP contribution is 2.35. The Morgan fingerprint density at radius 1 is 1.05 bits per heavy atom. The van der Waals surface area contributed by atoms with Gasteiger partial charge in [0.1, 0.15) is 23.1 Å². The van der Waals surface area contributed by atoms with Crippen LogP contribution in [0.5, 0.6) is 0 Å². The summed E-state index contributed by atoms with van der Waals surface area (Å²) in [5, 5.41) is 9.43. The Hall–Kier alpha value is -4.09. The molecule has 1 aliphatic heterocycles. The van der Waals surface area contributed by atoms with Crippen molar-refractivity contribution in [2.45, 2.75) is 38.9 Å². The van der Waals surface area contributed by atoms with Crippen molar-refractivity contribution in [2.24, 2.45) is 7.05 Å². The number of halogens is 1. The summed E-state index contributed by atoms with van der Waals surface area (Å²) in [6, 6.07) is 18.1. The molecular weight excluding hydrogens is 467 g/mol. The third-order valence-electron chi connectivity index (χ3n) is 7.27. The zero-order valence-corrected chi connectivity index (χ0v) is 21.4. The summed E-state index contributed by atoms with van der Waals surface area (Å²) in [6.45, 7) is 7.58. The van der Waals surface area contributed by atoms with Gasteiger partial charge in [0.15, 0.2) is 0 Å². The Morgan fingerprint density at radius 3 is 2.51 bits per heavy atom. The summed E-state index contributed by atoms with van der Waals surface area (Å²) in [5.41, 5.74) is 5.10. The Balaban J connectivity index is 1.56. The summed E-state index contributed by atoms with van der Waals surface area (Å²) in [5.74, 6) is -0.313. The fourth-order valence-electron chi connectivity index (χ4n) is 5.29. The normalized spacial score (nSPS) is 19.1. The Bertz CT molecular complexity index is 1560. The second-order valence-corrected chi connectivity index (χ2v) is 9.86. The molecule has 5 rings (SSSR count). The predicted octanol–water partition coefficient (Wildman–Crippen LogP) is 4.34. The average molecular weight is 497 g/mol. The highest BCUT2D eigenvalue weighted by molar-refractivity contribution is 5.89. The molecule has 1 unspecified atom stereocenters. The van der Waals surface area contributed by atoms with Gasteiger partial charge in [-0.25, -0.2) is 9.37 Å². The monoisotopic (exact) mass is 496 g/mol. The van der Waals surface area contributed by atoms with Crippen molar-refractivity contribution >= 4 is 16.7 Å². The summed E-state index contributed by atoms with van der Waals surface area (Å²) < 4.78 is 15.8. The second kappa shape index (κ2) is 9.75. The lowest BCUT2D eigenvalue weighted by molar-refractivity contribution is 0.127. The fraction of sp³-hybridized carbons (Fsp3) is 0.310. The molecule has 37 heavy (non-hydrogen) atoms. The van der Waals surface area contributed by atoms with E-state index in [1.54, 1.807) is 29.8 Å².